The average molecular weight is 358 g/mol. The number of aromatic nitrogens is 1. The first-order valence-electron chi connectivity index (χ1n) is 9.69. The van der Waals surface area contributed by atoms with Gasteiger partial charge in [-0.25, -0.2) is 0 Å². The Morgan fingerprint density at radius 1 is 1.33 bits per heavy atom. The summed E-state index contributed by atoms with van der Waals surface area (Å²) in [6.45, 7) is 7.71. The van der Waals surface area contributed by atoms with Crippen molar-refractivity contribution in [3.05, 3.63) is 82.2 Å². The molecule has 4 rings (SSSR count). The second-order valence-electron chi connectivity index (χ2n) is 7.77. The summed E-state index contributed by atoms with van der Waals surface area (Å²) in [6.07, 6.45) is 4.94. The van der Waals surface area contributed by atoms with E-state index in [-0.39, 0.29) is 0 Å². The molecular formula is C22H27BN4. The molecule has 0 fully saturated rings. The van der Waals surface area contributed by atoms with Crippen molar-refractivity contribution in [2.75, 3.05) is 0 Å². The van der Waals surface area contributed by atoms with Crippen molar-refractivity contribution in [1.82, 2.24) is 10.3 Å². The minimum absolute atomic E-state index is 0.432. The molecule has 0 saturated carbocycles. The topological polar surface area (TPSA) is 77.0 Å². The van der Waals surface area contributed by atoms with Gasteiger partial charge in [-0.05, 0) is 47.5 Å². The first-order chi connectivity index (χ1) is 13.1. The van der Waals surface area contributed by atoms with Crippen LogP contribution in [0.1, 0.15) is 40.4 Å². The number of benzene rings is 1. The number of rotatable bonds is 5. The molecule has 1 aromatic heterocycles. The average Bonchev–Trinajstić information content (AvgIpc) is 3.06. The van der Waals surface area contributed by atoms with E-state index in [1.54, 1.807) is 0 Å². The highest BCUT2D eigenvalue weighted by Crippen LogP contribution is 2.31. The standard InChI is InChI=1S/C22H27BN4/c1-14(2)19-5-3-4-16-8-22-23(10-20(16)19)9-18(27-22)7-15-6-17(11-24)21(12-25)26-13-15/h3-6,9,13,22,27H,1,7-8,10-12,24-25H2,2H3. The maximum Gasteiger partial charge on any atom is 0.199 e. The van der Waals surface area contributed by atoms with Gasteiger partial charge >= 0.3 is 0 Å². The minimum atomic E-state index is 0.432. The zero-order valence-corrected chi connectivity index (χ0v) is 16.0. The quantitative estimate of drug-likeness (QED) is 0.717. The van der Waals surface area contributed by atoms with Crippen molar-refractivity contribution >= 4 is 12.3 Å². The zero-order valence-electron chi connectivity index (χ0n) is 16.0. The molecule has 138 valence electrons. The van der Waals surface area contributed by atoms with Crippen molar-refractivity contribution in [3.8, 4) is 0 Å². The Labute approximate surface area is 161 Å². The van der Waals surface area contributed by atoms with Crippen molar-refractivity contribution in [3.63, 3.8) is 0 Å². The molecule has 1 aromatic carbocycles. The van der Waals surface area contributed by atoms with Crippen molar-refractivity contribution in [1.29, 1.82) is 0 Å². The van der Waals surface area contributed by atoms with E-state index < -0.39 is 0 Å². The number of pyridine rings is 1. The Hall–Kier alpha value is -2.37. The second kappa shape index (κ2) is 7.33. The molecule has 0 spiro atoms. The molecule has 0 amide bonds. The number of fused-ring (bicyclic) bond motifs is 2. The van der Waals surface area contributed by atoms with E-state index in [9.17, 15) is 0 Å². The van der Waals surface area contributed by atoms with E-state index in [1.807, 2.05) is 6.20 Å². The fraction of sp³-hybridized carbons (Fsp3) is 0.318. The van der Waals surface area contributed by atoms with Gasteiger partial charge in [-0.15, -0.1) is 0 Å². The predicted molar refractivity (Wildman–Crippen MR) is 113 cm³/mol. The lowest BCUT2D eigenvalue weighted by Crippen LogP contribution is -2.42. The highest BCUT2D eigenvalue weighted by molar-refractivity contribution is 6.67. The van der Waals surface area contributed by atoms with E-state index in [0.29, 0.717) is 25.7 Å². The van der Waals surface area contributed by atoms with Crippen LogP contribution >= 0.6 is 0 Å². The van der Waals surface area contributed by atoms with Crippen LogP contribution in [-0.4, -0.2) is 17.6 Å². The minimum Gasteiger partial charge on any atom is -0.393 e. The van der Waals surface area contributed by atoms with Crippen LogP contribution in [0.5, 0.6) is 0 Å². The Bertz CT molecular complexity index is 919. The van der Waals surface area contributed by atoms with Crippen LogP contribution < -0.4 is 16.8 Å². The van der Waals surface area contributed by atoms with E-state index >= 15 is 0 Å². The first kappa shape index (κ1) is 18.0. The van der Waals surface area contributed by atoms with Crippen molar-refractivity contribution in [2.24, 2.45) is 11.5 Å². The summed E-state index contributed by atoms with van der Waals surface area (Å²) in [4.78, 5) is 4.49. The van der Waals surface area contributed by atoms with Gasteiger partial charge in [0.2, 0.25) is 0 Å². The van der Waals surface area contributed by atoms with Gasteiger partial charge in [0, 0.05) is 37.3 Å². The fourth-order valence-corrected chi connectivity index (χ4v) is 4.49. The number of nitrogens with one attached hydrogen (secondary N) is 1. The molecular weight excluding hydrogens is 331 g/mol. The maximum atomic E-state index is 5.85. The van der Waals surface area contributed by atoms with Gasteiger partial charge in [-0.1, -0.05) is 42.4 Å². The molecule has 27 heavy (non-hydrogen) atoms. The predicted octanol–water partition coefficient (Wildman–Crippen LogP) is 2.34. The van der Waals surface area contributed by atoms with E-state index in [4.69, 9.17) is 11.5 Å². The number of hydrogen-bond donors (Lipinski definition) is 3. The molecule has 0 saturated heterocycles. The van der Waals surface area contributed by atoms with Gasteiger partial charge in [-0.3, -0.25) is 4.98 Å². The highest BCUT2D eigenvalue weighted by Gasteiger charge is 2.35. The lowest BCUT2D eigenvalue weighted by Gasteiger charge is -2.28. The lowest BCUT2D eigenvalue weighted by atomic mass is 9.39. The smallest absolute Gasteiger partial charge is 0.199 e. The molecule has 2 aliphatic rings. The number of allylic oxidation sites excluding steroid dienone is 2. The Kier molecular flexibility index (Phi) is 4.89. The molecule has 0 radical (unpaired) electrons. The maximum absolute atomic E-state index is 5.85. The monoisotopic (exact) mass is 358 g/mol. The van der Waals surface area contributed by atoms with Gasteiger partial charge in [0.05, 0.1) is 5.69 Å². The van der Waals surface area contributed by atoms with E-state index in [2.05, 4.69) is 54.0 Å². The molecule has 4 nitrogen and oxygen atoms in total. The zero-order chi connectivity index (χ0) is 19.0. The number of nitrogens with two attached hydrogens (primary N) is 2. The molecule has 0 aliphatic carbocycles. The molecule has 1 atom stereocenters. The lowest BCUT2D eigenvalue weighted by molar-refractivity contribution is 0.698. The van der Waals surface area contributed by atoms with Gasteiger partial charge < -0.3 is 16.8 Å². The largest absolute Gasteiger partial charge is 0.393 e. The van der Waals surface area contributed by atoms with Crippen LogP contribution in [0.25, 0.3) is 5.57 Å². The number of nitrogens with zero attached hydrogens (tertiary/aromatic N) is 1. The summed E-state index contributed by atoms with van der Waals surface area (Å²) >= 11 is 0. The molecule has 5 N–H and O–H groups in total. The summed E-state index contributed by atoms with van der Waals surface area (Å²) in [7, 11) is 0. The van der Waals surface area contributed by atoms with Gasteiger partial charge in [0.25, 0.3) is 0 Å². The normalized spacial score (nSPS) is 17.8. The summed E-state index contributed by atoms with van der Waals surface area (Å²) < 4.78 is 0. The van der Waals surface area contributed by atoms with Gasteiger partial charge in [-0.2, -0.15) is 0 Å². The van der Waals surface area contributed by atoms with Crippen LogP contribution in [0.15, 0.2) is 48.7 Å². The summed E-state index contributed by atoms with van der Waals surface area (Å²) in [5, 5.41) is 3.75. The van der Waals surface area contributed by atoms with Crippen LogP contribution in [0.4, 0.5) is 0 Å². The third-order valence-electron chi connectivity index (χ3n) is 5.84. The number of hydrogen-bond acceptors (Lipinski definition) is 4. The molecule has 5 heteroatoms. The Morgan fingerprint density at radius 3 is 2.93 bits per heavy atom. The molecule has 2 aliphatic heterocycles. The Morgan fingerprint density at radius 2 is 2.19 bits per heavy atom. The van der Waals surface area contributed by atoms with Crippen LogP contribution in [0.3, 0.4) is 0 Å². The SMILES string of the molecule is C=C(C)c1cccc2c1CB1C=C(Cc3cnc(CN)c(CN)c3)NC1C2. The van der Waals surface area contributed by atoms with Crippen molar-refractivity contribution in [2.45, 2.75) is 45.1 Å². The van der Waals surface area contributed by atoms with Gasteiger partial charge in [0.15, 0.2) is 6.71 Å². The molecule has 3 heterocycles. The first-order valence-corrected chi connectivity index (χ1v) is 9.69. The van der Waals surface area contributed by atoms with Crippen LogP contribution in [0.2, 0.25) is 0 Å². The van der Waals surface area contributed by atoms with Gasteiger partial charge in [0.1, 0.15) is 0 Å². The third kappa shape index (κ3) is 3.45. The Balaban J connectivity index is 1.54. The third-order valence-corrected chi connectivity index (χ3v) is 5.84. The summed E-state index contributed by atoms with van der Waals surface area (Å²) in [5.41, 5.74) is 21.4. The second-order valence-corrected chi connectivity index (χ2v) is 7.77. The van der Waals surface area contributed by atoms with Crippen LogP contribution in [0, 0.1) is 0 Å². The van der Waals surface area contributed by atoms with Crippen LogP contribution in [-0.2, 0) is 32.3 Å². The summed E-state index contributed by atoms with van der Waals surface area (Å²) in [5.74, 6) is 2.90. The molecule has 1 unspecified atom stereocenters. The molecule has 0 bridgehead atoms. The molecule has 2 aromatic rings. The summed E-state index contributed by atoms with van der Waals surface area (Å²) in [6, 6.07) is 8.77. The van der Waals surface area contributed by atoms with Crippen molar-refractivity contribution < 1.29 is 0 Å². The van der Waals surface area contributed by atoms with E-state index in [1.165, 1.54) is 28.0 Å². The van der Waals surface area contributed by atoms with E-state index in [0.717, 1.165) is 36.0 Å². The fourth-order valence-electron chi connectivity index (χ4n) is 4.49. The highest BCUT2D eigenvalue weighted by atomic mass is 14.9.